The van der Waals surface area contributed by atoms with Crippen LogP contribution < -0.4 is 5.73 Å². The highest BCUT2D eigenvalue weighted by Crippen LogP contribution is 2.24. The van der Waals surface area contributed by atoms with Gasteiger partial charge in [-0.15, -0.1) is 0 Å². The highest BCUT2D eigenvalue weighted by molar-refractivity contribution is 6.01. The van der Waals surface area contributed by atoms with Gasteiger partial charge in [0.05, 0.1) is 11.4 Å². The predicted molar refractivity (Wildman–Crippen MR) is 104 cm³/mol. The molecule has 0 unspecified atom stereocenters. The van der Waals surface area contributed by atoms with Crippen LogP contribution in [0.25, 0.3) is 0 Å². The fourth-order valence-corrected chi connectivity index (χ4v) is 2.61. The van der Waals surface area contributed by atoms with Crippen molar-refractivity contribution in [2.24, 2.45) is 0 Å². The topological polar surface area (TPSA) is 91.5 Å². The van der Waals surface area contributed by atoms with Gasteiger partial charge in [-0.3, -0.25) is 14.6 Å². The maximum Gasteiger partial charge on any atom is 0.326 e. The Kier molecular flexibility index (Phi) is 6.36. The summed E-state index contributed by atoms with van der Waals surface area (Å²) < 4.78 is 10.7. The van der Waals surface area contributed by atoms with Gasteiger partial charge in [-0.1, -0.05) is 60.7 Å². The molecule has 0 aliphatic heterocycles. The van der Waals surface area contributed by atoms with Crippen molar-refractivity contribution >= 4 is 17.6 Å². The molecule has 0 saturated carbocycles. The van der Waals surface area contributed by atoms with Gasteiger partial charge in [-0.05, 0) is 23.3 Å². The average Bonchev–Trinajstić information content (AvgIpc) is 2.74. The first-order valence-electron chi connectivity index (χ1n) is 8.76. The molecule has 0 atom stereocenters. The Balaban J connectivity index is 1.75. The summed E-state index contributed by atoms with van der Waals surface area (Å²) in [5.74, 6) is -2.87. The van der Waals surface area contributed by atoms with E-state index in [4.69, 9.17) is 15.2 Å². The first-order chi connectivity index (χ1) is 13.6. The van der Waals surface area contributed by atoms with E-state index in [1.165, 1.54) is 6.20 Å². The zero-order valence-electron chi connectivity index (χ0n) is 15.2. The Bertz CT molecular complexity index is 874. The number of ether oxygens (including phenoxy) is 2. The summed E-state index contributed by atoms with van der Waals surface area (Å²) in [6.07, 6.45) is 1.47. The summed E-state index contributed by atoms with van der Waals surface area (Å²) in [5, 5.41) is 0. The van der Waals surface area contributed by atoms with Crippen LogP contribution in [0.3, 0.4) is 0 Å². The van der Waals surface area contributed by atoms with Crippen LogP contribution in [0.5, 0.6) is 0 Å². The van der Waals surface area contributed by atoms with Crippen molar-refractivity contribution in [2.75, 3.05) is 5.73 Å². The Hall–Kier alpha value is -3.67. The van der Waals surface area contributed by atoms with E-state index in [2.05, 4.69) is 4.98 Å². The number of hydrogen-bond acceptors (Lipinski definition) is 6. The maximum absolute atomic E-state index is 12.7. The van der Waals surface area contributed by atoms with Crippen LogP contribution in [-0.2, 0) is 32.3 Å². The fraction of sp³-hybridized carbons (Fsp3) is 0.136. The molecule has 0 spiro atoms. The molecule has 6 nitrogen and oxygen atoms in total. The first-order valence-corrected chi connectivity index (χ1v) is 8.76. The second-order valence-electron chi connectivity index (χ2n) is 6.10. The summed E-state index contributed by atoms with van der Waals surface area (Å²) in [4.78, 5) is 29.5. The van der Waals surface area contributed by atoms with Crippen molar-refractivity contribution in [3.63, 3.8) is 0 Å². The van der Waals surface area contributed by atoms with Crippen LogP contribution in [0.4, 0.5) is 5.69 Å². The number of hydrogen-bond donors (Lipinski definition) is 1. The van der Waals surface area contributed by atoms with E-state index in [0.29, 0.717) is 0 Å². The number of anilines is 1. The van der Waals surface area contributed by atoms with Gasteiger partial charge in [0.2, 0.25) is 0 Å². The van der Waals surface area contributed by atoms with Gasteiger partial charge in [-0.25, -0.2) is 0 Å². The average molecular weight is 376 g/mol. The molecule has 0 bridgehead atoms. The second-order valence-corrected chi connectivity index (χ2v) is 6.10. The fourth-order valence-electron chi connectivity index (χ4n) is 2.61. The van der Waals surface area contributed by atoms with Crippen LogP contribution in [0, 0.1) is 0 Å². The molecule has 2 N–H and O–H groups in total. The van der Waals surface area contributed by atoms with Crippen LogP contribution in [0.2, 0.25) is 0 Å². The van der Waals surface area contributed by atoms with E-state index in [1.807, 2.05) is 60.7 Å². The van der Waals surface area contributed by atoms with Gasteiger partial charge in [-0.2, -0.15) is 0 Å². The molecule has 142 valence electrons. The van der Waals surface area contributed by atoms with Crippen LogP contribution >= 0.6 is 0 Å². The third-order valence-corrected chi connectivity index (χ3v) is 4.06. The number of rotatable bonds is 7. The van der Waals surface area contributed by atoms with Gasteiger partial charge in [0, 0.05) is 6.20 Å². The zero-order chi connectivity index (χ0) is 19.8. The molecule has 0 amide bonds. The molecule has 2 aromatic carbocycles. The predicted octanol–water partition coefficient (Wildman–Crippen LogP) is 3.23. The van der Waals surface area contributed by atoms with Gasteiger partial charge in [0.1, 0.15) is 13.2 Å². The number of carbonyl (C=O) groups excluding carboxylic acids is 2. The maximum atomic E-state index is 12.7. The standard InChI is InChI=1S/C22H20N2O4/c23-18-12-7-13-24-20(18)19(21(25)27-14-16-8-3-1-4-9-16)22(26)28-15-17-10-5-2-6-11-17/h1-13,19H,14-15,23H2. The van der Waals surface area contributed by atoms with Crippen molar-refractivity contribution < 1.29 is 19.1 Å². The Morgan fingerprint density at radius 3 is 1.75 bits per heavy atom. The van der Waals surface area contributed by atoms with Crippen molar-refractivity contribution in [3.8, 4) is 0 Å². The highest BCUT2D eigenvalue weighted by atomic mass is 16.6. The first kappa shape index (κ1) is 19.1. The molecule has 6 heteroatoms. The molecule has 0 radical (unpaired) electrons. The van der Waals surface area contributed by atoms with Crippen molar-refractivity contribution in [3.05, 3.63) is 95.8 Å². The smallest absolute Gasteiger partial charge is 0.326 e. The number of benzene rings is 2. The Morgan fingerprint density at radius 1 is 0.786 bits per heavy atom. The summed E-state index contributed by atoms with van der Waals surface area (Å²) in [7, 11) is 0. The van der Waals surface area contributed by atoms with Crippen molar-refractivity contribution in [1.29, 1.82) is 0 Å². The molecule has 3 aromatic rings. The number of nitrogens with zero attached hydrogens (tertiary/aromatic N) is 1. The molecule has 0 saturated heterocycles. The molecule has 0 fully saturated rings. The van der Waals surface area contributed by atoms with E-state index in [9.17, 15) is 9.59 Å². The molecule has 1 aromatic heterocycles. The number of nitrogens with two attached hydrogens (primary N) is 1. The van der Waals surface area contributed by atoms with Gasteiger partial charge >= 0.3 is 11.9 Å². The van der Waals surface area contributed by atoms with Crippen LogP contribution in [-0.4, -0.2) is 16.9 Å². The molecule has 28 heavy (non-hydrogen) atoms. The lowest BCUT2D eigenvalue weighted by molar-refractivity contribution is -0.159. The normalized spacial score (nSPS) is 10.5. The largest absolute Gasteiger partial charge is 0.460 e. The number of carbonyl (C=O) groups is 2. The highest BCUT2D eigenvalue weighted by Gasteiger charge is 2.34. The molecule has 3 rings (SSSR count). The van der Waals surface area contributed by atoms with E-state index in [-0.39, 0.29) is 24.6 Å². The van der Waals surface area contributed by atoms with Crippen LogP contribution in [0.1, 0.15) is 22.7 Å². The van der Waals surface area contributed by atoms with Gasteiger partial charge in [0.25, 0.3) is 0 Å². The molecule has 0 aliphatic carbocycles. The van der Waals surface area contributed by atoms with E-state index >= 15 is 0 Å². The van der Waals surface area contributed by atoms with Gasteiger partial charge in [0.15, 0.2) is 5.92 Å². The molecular weight excluding hydrogens is 356 g/mol. The molecule has 1 heterocycles. The Labute approximate surface area is 162 Å². The SMILES string of the molecule is Nc1cccnc1C(C(=O)OCc1ccccc1)C(=O)OCc1ccccc1. The van der Waals surface area contributed by atoms with Crippen LogP contribution in [0.15, 0.2) is 79.0 Å². The minimum absolute atomic E-state index is 0.0366. The number of pyridine rings is 1. The lowest BCUT2D eigenvalue weighted by atomic mass is 10.0. The van der Waals surface area contributed by atoms with Crippen molar-refractivity contribution in [2.45, 2.75) is 19.1 Å². The number of esters is 2. The Morgan fingerprint density at radius 2 is 1.29 bits per heavy atom. The third-order valence-electron chi connectivity index (χ3n) is 4.06. The van der Waals surface area contributed by atoms with E-state index in [0.717, 1.165) is 11.1 Å². The van der Waals surface area contributed by atoms with E-state index < -0.39 is 17.9 Å². The lowest BCUT2D eigenvalue weighted by Crippen LogP contribution is -2.27. The zero-order valence-corrected chi connectivity index (χ0v) is 15.2. The summed E-state index contributed by atoms with van der Waals surface area (Å²) >= 11 is 0. The second kappa shape index (κ2) is 9.32. The summed E-state index contributed by atoms with van der Waals surface area (Å²) in [6.45, 7) is 0.0732. The minimum Gasteiger partial charge on any atom is -0.460 e. The summed E-state index contributed by atoms with van der Waals surface area (Å²) in [6, 6.07) is 21.6. The lowest BCUT2D eigenvalue weighted by Gasteiger charge is -2.16. The third kappa shape index (κ3) is 4.94. The number of aromatic nitrogens is 1. The molecule has 0 aliphatic rings. The quantitative estimate of drug-likeness (QED) is 0.503. The van der Waals surface area contributed by atoms with E-state index in [1.54, 1.807) is 12.1 Å². The van der Waals surface area contributed by atoms with Crippen molar-refractivity contribution in [1.82, 2.24) is 4.98 Å². The molecular formula is C22H20N2O4. The monoisotopic (exact) mass is 376 g/mol. The minimum atomic E-state index is -1.35. The van der Waals surface area contributed by atoms with Gasteiger partial charge < -0.3 is 15.2 Å². The number of nitrogen functional groups attached to an aromatic ring is 1. The summed E-state index contributed by atoms with van der Waals surface area (Å²) in [5.41, 5.74) is 7.89.